The predicted octanol–water partition coefficient (Wildman–Crippen LogP) is 3.61. The lowest BCUT2D eigenvalue weighted by Gasteiger charge is -2.26. The zero-order valence-electron chi connectivity index (χ0n) is 15.0. The van der Waals surface area contributed by atoms with E-state index in [4.69, 9.17) is 9.26 Å². The van der Waals surface area contributed by atoms with E-state index >= 15 is 0 Å². The van der Waals surface area contributed by atoms with E-state index in [1.165, 1.54) is 6.07 Å². The first-order chi connectivity index (χ1) is 13.3. The summed E-state index contributed by atoms with van der Waals surface area (Å²) in [6, 6.07) is 16.8. The number of anilines is 1. The third-order valence-electron chi connectivity index (χ3n) is 4.69. The Balaban J connectivity index is 1.58. The van der Waals surface area contributed by atoms with Gasteiger partial charge in [0.05, 0.1) is 18.8 Å². The molecule has 3 aromatic rings. The van der Waals surface area contributed by atoms with Gasteiger partial charge in [0.2, 0.25) is 5.88 Å². The third kappa shape index (κ3) is 4.02. The Kier molecular flexibility index (Phi) is 5.46. The second kappa shape index (κ2) is 8.33. The fraction of sp³-hybridized carbons (Fsp3) is 0.286. The zero-order chi connectivity index (χ0) is 18.5. The Hall–Kier alpha value is -2.70. The number of benzene rings is 2. The number of hydrogen-bond acceptors (Lipinski definition) is 5. The predicted molar refractivity (Wildman–Crippen MR) is 102 cm³/mol. The first kappa shape index (κ1) is 17.7. The van der Waals surface area contributed by atoms with Crippen molar-refractivity contribution in [3.05, 3.63) is 71.5 Å². The molecule has 1 saturated heterocycles. The molecular formula is C21H22FN3O2. The summed E-state index contributed by atoms with van der Waals surface area (Å²) in [5.41, 5.74) is 3.45. The highest BCUT2D eigenvalue weighted by Crippen LogP contribution is 2.31. The van der Waals surface area contributed by atoms with Gasteiger partial charge in [0, 0.05) is 37.3 Å². The topological polar surface area (TPSA) is 50.5 Å². The maximum atomic E-state index is 13.9. The summed E-state index contributed by atoms with van der Waals surface area (Å²) in [6.07, 6.45) is 0. The lowest BCUT2D eigenvalue weighted by Crippen LogP contribution is -2.36. The van der Waals surface area contributed by atoms with Crippen molar-refractivity contribution in [2.75, 3.05) is 31.2 Å². The molecule has 0 radical (unpaired) electrons. The number of morpholine rings is 1. The van der Waals surface area contributed by atoms with Crippen LogP contribution in [-0.2, 0) is 17.8 Å². The highest BCUT2D eigenvalue weighted by molar-refractivity contribution is 5.68. The molecule has 1 aliphatic heterocycles. The largest absolute Gasteiger partial charge is 0.378 e. The molecule has 2 heterocycles. The van der Waals surface area contributed by atoms with Crippen LogP contribution in [-0.4, -0.2) is 31.5 Å². The Morgan fingerprint density at radius 1 is 0.963 bits per heavy atom. The van der Waals surface area contributed by atoms with Crippen LogP contribution < -0.4 is 10.2 Å². The second-order valence-corrected chi connectivity index (χ2v) is 6.48. The molecular weight excluding hydrogens is 345 g/mol. The third-order valence-corrected chi connectivity index (χ3v) is 4.69. The van der Waals surface area contributed by atoms with E-state index in [0.717, 1.165) is 35.8 Å². The van der Waals surface area contributed by atoms with Crippen molar-refractivity contribution in [3.8, 4) is 11.3 Å². The summed E-state index contributed by atoms with van der Waals surface area (Å²) >= 11 is 0. The summed E-state index contributed by atoms with van der Waals surface area (Å²) in [4.78, 5) is 2.16. The molecule has 0 unspecified atom stereocenters. The molecule has 1 aromatic heterocycles. The lowest BCUT2D eigenvalue weighted by molar-refractivity contribution is 0.120. The Bertz CT molecular complexity index is 876. The minimum absolute atomic E-state index is 0.202. The zero-order valence-corrected chi connectivity index (χ0v) is 15.0. The van der Waals surface area contributed by atoms with Crippen molar-refractivity contribution < 1.29 is 13.7 Å². The smallest absolute Gasteiger partial charge is 0.232 e. The average Bonchev–Trinajstić information content (AvgIpc) is 3.15. The van der Waals surface area contributed by atoms with Crippen molar-refractivity contribution in [1.82, 2.24) is 10.5 Å². The van der Waals surface area contributed by atoms with Crippen LogP contribution in [0.4, 0.5) is 10.3 Å². The Morgan fingerprint density at radius 2 is 1.70 bits per heavy atom. The summed E-state index contributed by atoms with van der Waals surface area (Å²) in [6.45, 7) is 3.85. The summed E-state index contributed by atoms with van der Waals surface area (Å²) < 4.78 is 25.0. The van der Waals surface area contributed by atoms with Crippen LogP contribution in [0.5, 0.6) is 0 Å². The fourth-order valence-electron chi connectivity index (χ4n) is 3.26. The number of nitrogens with zero attached hydrogens (tertiary/aromatic N) is 2. The molecule has 2 aromatic carbocycles. The number of nitrogens with one attached hydrogen (secondary N) is 1. The molecule has 0 aliphatic carbocycles. The van der Waals surface area contributed by atoms with Gasteiger partial charge in [-0.3, -0.25) is 0 Å². The highest BCUT2D eigenvalue weighted by atomic mass is 19.1. The van der Waals surface area contributed by atoms with Crippen LogP contribution in [0.3, 0.4) is 0 Å². The second-order valence-electron chi connectivity index (χ2n) is 6.48. The van der Waals surface area contributed by atoms with Gasteiger partial charge >= 0.3 is 0 Å². The van der Waals surface area contributed by atoms with Gasteiger partial charge in [0.25, 0.3) is 0 Å². The van der Waals surface area contributed by atoms with E-state index in [1.54, 1.807) is 12.1 Å². The molecule has 0 bridgehead atoms. The first-order valence-corrected chi connectivity index (χ1v) is 9.13. The molecule has 1 fully saturated rings. The van der Waals surface area contributed by atoms with Gasteiger partial charge in [0.15, 0.2) is 0 Å². The van der Waals surface area contributed by atoms with E-state index in [0.29, 0.717) is 31.9 Å². The van der Waals surface area contributed by atoms with Gasteiger partial charge in [-0.2, -0.15) is 0 Å². The van der Waals surface area contributed by atoms with Gasteiger partial charge in [-0.25, -0.2) is 4.39 Å². The number of halogens is 1. The molecule has 6 heteroatoms. The van der Waals surface area contributed by atoms with Crippen molar-refractivity contribution in [2.24, 2.45) is 0 Å². The van der Waals surface area contributed by atoms with Crippen LogP contribution in [0.25, 0.3) is 11.3 Å². The molecule has 0 spiro atoms. The molecule has 0 amide bonds. The lowest BCUT2D eigenvalue weighted by atomic mass is 10.1. The standard InChI is InChI=1S/C21H22FN3O2/c22-19-9-5-4-8-17(19)14-23-15-18-20(16-6-2-1-3-7-16)24-27-21(18)25-10-12-26-13-11-25/h1-9,23H,10-15H2. The van der Waals surface area contributed by atoms with E-state index < -0.39 is 0 Å². The minimum atomic E-state index is -0.202. The number of rotatable bonds is 6. The number of hydrogen-bond donors (Lipinski definition) is 1. The van der Waals surface area contributed by atoms with Crippen LogP contribution in [0.15, 0.2) is 59.1 Å². The highest BCUT2D eigenvalue weighted by Gasteiger charge is 2.23. The average molecular weight is 367 g/mol. The Morgan fingerprint density at radius 3 is 2.48 bits per heavy atom. The number of ether oxygens (including phenoxy) is 1. The minimum Gasteiger partial charge on any atom is -0.378 e. The first-order valence-electron chi connectivity index (χ1n) is 9.13. The monoisotopic (exact) mass is 367 g/mol. The van der Waals surface area contributed by atoms with E-state index in [-0.39, 0.29) is 5.82 Å². The fourth-order valence-corrected chi connectivity index (χ4v) is 3.26. The van der Waals surface area contributed by atoms with Crippen molar-refractivity contribution >= 4 is 5.88 Å². The molecule has 0 saturated carbocycles. The van der Waals surface area contributed by atoms with Crippen molar-refractivity contribution in [1.29, 1.82) is 0 Å². The number of aromatic nitrogens is 1. The summed E-state index contributed by atoms with van der Waals surface area (Å²) in [5, 5.41) is 7.67. The van der Waals surface area contributed by atoms with Gasteiger partial charge in [-0.05, 0) is 6.07 Å². The Labute approximate surface area is 157 Å². The molecule has 140 valence electrons. The molecule has 4 rings (SSSR count). The maximum Gasteiger partial charge on any atom is 0.232 e. The van der Waals surface area contributed by atoms with Crippen LogP contribution in [0.2, 0.25) is 0 Å². The normalized spacial score (nSPS) is 14.5. The molecule has 27 heavy (non-hydrogen) atoms. The SMILES string of the molecule is Fc1ccccc1CNCc1c(-c2ccccc2)noc1N1CCOCC1. The maximum absolute atomic E-state index is 13.9. The van der Waals surface area contributed by atoms with E-state index in [2.05, 4.69) is 15.4 Å². The van der Waals surface area contributed by atoms with Crippen molar-refractivity contribution in [3.63, 3.8) is 0 Å². The van der Waals surface area contributed by atoms with Gasteiger partial charge < -0.3 is 19.5 Å². The molecule has 0 atom stereocenters. The van der Waals surface area contributed by atoms with Crippen molar-refractivity contribution in [2.45, 2.75) is 13.1 Å². The van der Waals surface area contributed by atoms with Gasteiger partial charge in [0.1, 0.15) is 11.5 Å². The van der Waals surface area contributed by atoms with Crippen LogP contribution >= 0.6 is 0 Å². The summed E-state index contributed by atoms with van der Waals surface area (Å²) in [5.74, 6) is 0.560. The van der Waals surface area contributed by atoms with E-state index in [1.807, 2.05) is 36.4 Å². The van der Waals surface area contributed by atoms with E-state index in [9.17, 15) is 4.39 Å². The molecule has 1 N–H and O–H groups in total. The van der Waals surface area contributed by atoms with Crippen LogP contribution in [0, 0.1) is 5.82 Å². The van der Waals surface area contributed by atoms with Gasteiger partial charge in [-0.1, -0.05) is 53.7 Å². The van der Waals surface area contributed by atoms with Crippen LogP contribution in [0.1, 0.15) is 11.1 Å². The summed E-state index contributed by atoms with van der Waals surface area (Å²) in [7, 11) is 0. The molecule has 1 aliphatic rings. The van der Waals surface area contributed by atoms with Gasteiger partial charge in [-0.15, -0.1) is 0 Å². The molecule has 5 nitrogen and oxygen atoms in total. The quantitative estimate of drug-likeness (QED) is 0.721.